The summed E-state index contributed by atoms with van der Waals surface area (Å²) in [6, 6.07) is -0.883. The number of aliphatic hydroxyl groups excluding tert-OH is 3. The van der Waals surface area contributed by atoms with Gasteiger partial charge in [0, 0.05) is 19.5 Å². The van der Waals surface area contributed by atoms with Gasteiger partial charge in [0.25, 0.3) is 0 Å². The number of nitrogens with two attached hydrogens (primary N) is 1. The molecule has 0 aromatic carbocycles. The van der Waals surface area contributed by atoms with Crippen molar-refractivity contribution in [2.75, 3.05) is 25.0 Å². The Morgan fingerprint density at radius 1 is 1.33 bits per heavy atom. The number of carbonyl (C=O) groups is 2. The minimum Gasteiger partial charge on any atom is -0.481 e. The first-order valence-electron chi connectivity index (χ1n) is 10.3. The number of imidazole rings is 1. The number of carbonyl (C=O) groups excluding carboxylic acids is 1. The van der Waals surface area contributed by atoms with Crippen LogP contribution < -0.4 is 16.4 Å². The second kappa shape index (κ2) is 11.0. The maximum atomic E-state index is 11.9. The van der Waals surface area contributed by atoms with E-state index in [2.05, 4.69) is 25.6 Å². The summed E-state index contributed by atoms with van der Waals surface area (Å²) < 4.78 is 7.22. The smallest absolute Gasteiger partial charge is 0.303 e. The SMILES string of the molecule is NC(CCC(=O)O)C(=O)NCCCNc1nc(=S)c2ncn([C@@H]3O[C@H](CO)[C@H](O)C3O)c2[nH]1. The second-order valence-corrected chi connectivity index (χ2v) is 7.97. The van der Waals surface area contributed by atoms with E-state index in [0.717, 1.165) is 0 Å². The van der Waals surface area contributed by atoms with E-state index in [4.69, 9.17) is 27.8 Å². The average Bonchev–Trinajstić information content (AvgIpc) is 3.32. The number of H-pyrrole nitrogens is 1. The van der Waals surface area contributed by atoms with Gasteiger partial charge in [-0.15, -0.1) is 0 Å². The Kier molecular flexibility index (Phi) is 8.28. The lowest BCUT2D eigenvalue weighted by atomic mass is 10.1. The molecule has 182 valence electrons. The van der Waals surface area contributed by atoms with E-state index >= 15 is 0 Å². The quantitative estimate of drug-likeness (QED) is 0.131. The molecule has 5 atom stereocenters. The predicted octanol–water partition coefficient (Wildman–Crippen LogP) is -1.79. The zero-order valence-electron chi connectivity index (χ0n) is 17.5. The van der Waals surface area contributed by atoms with Crippen molar-refractivity contribution >= 4 is 41.2 Å². The topological polar surface area (TPSA) is 221 Å². The van der Waals surface area contributed by atoms with Crippen LogP contribution in [0.5, 0.6) is 0 Å². The molecule has 9 N–H and O–H groups in total. The van der Waals surface area contributed by atoms with Crippen molar-refractivity contribution in [1.82, 2.24) is 24.8 Å². The van der Waals surface area contributed by atoms with Crippen molar-refractivity contribution in [3.8, 4) is 0 Å². The lowest BCUT2D eigenvalue weighted by Gasteiger charge is -2.17. The van der Waals surface area contributed by atoms with Crippen LogP contribution in [0.3, 0.4) is 0 Å². The summed E-state index contributed by atoms with van der Waals surface area (Å²) in [5.41, 5.74) is 6.43. The summed E-state index contributed by atoms with van der Waals surface area (Å²) in [7, 11) is 0. The minimum atomic E-state index is -1.28. The van der Waals surface area contributed by atoms with Gasteiger partial charge in [-0.3, -0.25) is 14.2 Å². The number of aromatic amines is 1. The van der Waals surface area contributed by atoms with Gasteiger partial charge in [0.05, 0.1) is 19.0 Å². The molecular weight excluding hydrogens is 458 g/mol. The van der Waals surface area contributed by atoms with E-state index in [-0.39, 0.29) is 17.5 Å². The molecule has 33 heavy (non-hydrogen) atoms. The van der Waals surface area contributed by atoms with Crippen LogP contribution in [0, 0.1) is 4.64 Å². The first-order chi connectivity index (χ1) is 15.7. The number of aliphatic carboxylic acids is 1. The molecule has 0 bridgehead atoms. The fourth-order valence-corrected chi connectivity index (χ4v) is 3.61. The van der Waals surface area contributed by atoms with E-state index in [1.807, 2.05) is 0 Å². The fraction of sp³-hybridized carbons (Fsp3) is 0.611. The minimum absolute atomic E-state index is 0.0586. The standard InChI is InChI=1S/C18H27N7O7S/c19-8(2-3-10(27)28)15(31)20-4-1-5-21-18-23-14-11(16(33)24-18)22-7-25(14)17-13(30)12(29)9(6-26)32-17/h7-9,12-13,17,26,29-30H,1-6,19H2,(H,20,31)(H,27,28)(H2,21,23,24,33)/t8?,9-,12+,13?,17-/m1/s1. The van der Waals surface area contributed by atoms with Crippen LogP contribution in [0.2, 0.25) is 0 Å². The number of carboxylic acids is 1. The van der Waals surface area contributed by atoms with E-state index in [0.29, 0.717) is 36.6 Å². The molecule has 3 rings (SSSR count). The first kappa shape index (κ1) is 24.9. The van der Waals surface area contributed by atoms with Crippen molar-refractivity contribution in [3.63, 3.8) is 0 Å². The number of anilines is 1. The summed E-state index contributed by atoms with van der Waals surface area (Å²) in [5, 5.41) is 43.9. The lowest BCUT2D eigenvalue weighted by molar-refractivity contribution is -0.137. The molecule has 2 unspecified atom stereocenters. The number of hydrogen-bond donors (Lipinski definition) is 8. The van der Waals surface area contributed by atoms with E-state index in [9.17, 15) is 24.9 Å². The highest BCUT2D eigenvalue weighted by Crippen LogP contribution is 2.31. The molecule has 2 aromatic heterocycles. The van der Waals surface area contributed by atoms with Gasteiger partial charge in [-0.2, -0.15) is 0 Å². The number of aliphatic hydroxyl groups is 3. The number of fused-ring (bicyclic) bond motifs is 1. The van der Waals surface area contributed by atoms with Crippen LogP contribution in [0.25, 0.3) is 11.2 Å². The van der Waals surface area contributed by atoms with Crippen molar-refractivity contribution in [1.29, 1.82) is 0 Å². The molecule has 0 radical (unpaired) electrons. The number of amides is 1. The number of rotatable bonds is 11. The summed E-state index contributed by atoms with van der Waals surface area (Å²) in [6.07, 6.45) is -2.66. The number of hydrogen-bond acceptors (Lipinski definition) is 11. The highest BCUT2D eigenvalue weighted by Gasteiger charge is 2.43. The second-order valence-electron chi connectivity index (χ2n) is 7.58. The molecule has 0 aliphatic carbocycles. The number of aromatic nitrogens is 4. The molecule has 1 aliphatic heterocycles. The zero-order valence-corrected chi connectivity index (χ0v) is 18.4. The Morgan fingerprint density at radius 2 is 2.09 bits per heavy atom. The van der Waals surface area contributed by atoms with Crippen molar-refractivity contribution in [3.05, 3.63) is 11.0 Å². The molecule has 1 amide bonds. The molecule has 0 saturated carbocycles. The summed E-state index contributed by atoms with van der Waals surface area (Å²) in [5.74, 6) is -1.10. The number of nitrogens with zero attached hydrogens (tertiary/aromatic N) is 3. The highest BCUT2D eigenvalue weighted by molar-refractivity contribution is 7.71. The molecule has 3 heterocycles. The Labute approximate surface area is 192 Å². The molecule has 15 heteroatoms. The predicted molar refractivity (Wildman–Crippen MR) is 117 cm³/mol. The highest BCUT2D eigenvalue weighted by atomic mass is 32.1. The molecule has 2 aromatic rings. The molecule has 0 spiro atoms. The average molecular weight is 486 g/mol. The van der Waals surface area contributed by atoms with E-state index in [1.165, 1.54) is 10.9 Å². The Bertz CT molecular complexity index is 1040. The third kappa shape index (κ3) is 5.82. The van der Waals surface area contributed by atoms with E-state index < -0.39 is 49.1 Å². The van der Waals surface area contributed by atoms with Gasteiger partial charge >= 0.3 is 5.97 Å². The Balaban J connectivity index is 1.58. The first-order valence-corrected chi connectivity index (χ1v) is 10.7. The van der Waals surface area contributed by atoms with Crippen molar-refractivity contribution < 1.29 is 34.8 Å². The van der Waals surface area contributed by atoms with Crippen LogP contribution >= 0.6 is 12.2 Å². The summed E-state index contributed by atoms with van der Waals surface area (Å²) in [6.45, 7) is 0.277. The maximum Gasteiger partial charge on any atom is 0.303 e. The van der Waals surface area contributed by atoms with Gasteiger partial charge in [0.2, 0.25) is 11.9 Å². The Morgan fingerprint density at radius 3 is 2.76 bits per heavy atom. The lowest BCUT2D eigenvalue weighted by Crippen LogP contribution is -2.41. The summed E-state index contributed by atoms with van der Waals surface area (Å²) >= 11 is 5.28. The number of ether oxygens (including phenoxy) is 1. The van der Waals surface area contributed by atoms with Gasteiger partial charge < -0.3 is 46.5 Å². The normalized spacial score (nSPS) is 23.5. The molecule has 14 nitrogen and oxygen atoms in total. The van der Waals surface area contributed by atoms with Gasteiger partial charge in [-0.25, -0.2) is 9.97 Å². The van der Waals surface area contributed by atoms with Gasteiger partial charge in [-0.05, 0) is 12.8 Å². The van der Waals surface area contributed by atoms with Crippen molar-refractivity contribution in [2.45, 2.75) is 49.8 Å². The maximum absolute atomic E-state index is 11.9. The summed E-state index contributed by atoms with van der Waals surface area (Å²) in [4.78, 5) is 33.8. The van der Waals surface area contributed by atoms with Gasteiger partial charge in [0.1, 0.15) is 29.5 Å². The van der Waals surface area contributed by atoms with Crippen molar-refractivity contribution in [2.24, 2.45) is 5.73 Å². The molecular formula is C18H27N7O7S. The number of carboxylic acid groups (broad SMARTS) is 1. The van der Waals surface area contributed by atoms with E-state index in [1.54, 1.807) is 0 Å². The van der Waals surface area contributed by atoms with Crippen LogP contribution in [-0.2, 0) is 14.3 Å². The number of nitrogens with one attached hydrogen (secondary N) is 3. The van der Waals surface area contributed by atoms with Crippen LogP contribution in [0.4, 0.5) is 5.95 Å². The van der Waals surface area contributed by atoms with Crippen LogP contribution in [0.1, 0.15) is 25.5 Å². The Hall–Kier alpha value is -2.69. The molecule has 1 aliphatic rings. The van der Waals surface area contributed by atoms with Crippen LogP contribution in [-0.4, -0.2) is 95.9 Å². The van der Waals surface area contributed by atoms with Crippen LogP contribution in [0.15, 0.2) is 6.33 Å². The molecule has 1 fully saturated rings. The fourth-order valence-electron chi connectivity index (χ4n) is 3.37. The largest absolute Gasteiger partial charge is 0.481 e. The zero-order chi connectivity index (χ0) is 24.1. The molecule has 1 saturated heterocycles. The van der Waals surface area contributed by atoms with Gasteiger partial charge in [0.15, 0.2) is 10.9 Å². The third-order valence-corrected chi connectivity index (χ3v) is 5.47. The monoisotopic (exact) mass is 485 g/mol. The van der Waals surface area contributed by atoms with Gasteiger partial charge in [-0.1, -0.05) is 12.2 Å². The third-order valence-electron chi connectivity index (χ3n) is 5.19.